The fourth-order valence-corrected chi connectivity index (χ4v) is 2.06. The first-order valence-electron chi connectivity index (χ1n) is 7.02. The highest BCUT2D eigenvalue weighted by Crippen LogP contribution is 2.05. The smallest absolute Gasteiger partial charge is 0.239 e. The second kappa shape index (κ2) is 6.79. The Morgan fingerprint density at radius 1 is 1.30 bits per heavy atom. The number of pyridine rings is 1. The van der Waals surface area contributed by atoms with Gasteiger partial charge < -0.3 is 11.1 Å². The summed E-state index contributed by atoms with van der Waals surface area (Å²) in [4.78, 5) is 19.2. The molecule has 0 spiro atoms. The van der Waals surface area contributed by atoms with Crippen molar-refractivity contribution in [2.45, 2.75) is 19.6 Å². The Morgan fingerprint density at radius 3 is 2.91 bits per heavy atom. The van der Waals surface area contributed by atoms with Crippen molar-refractivity contribution < 1.29 is 4.79 Å². The van der Waals surface area contributed by atoms with E-state index in [-0.39, 0.29) is 6.54 Å². The molecule has 9 nitrogen and oxygen atoms in total. The van der Waals surface area contributed by atoms with Crippen molar-refractivity contribution in [1.29, 1.82) is 0 Å². The first-order valence-corrected chi connectivity index (χ1v) is 7.02. The van der Waals surface area contributed by atoms with E-state index in [0.717, 1.165) is 17.1 Å². The highest BCUT2D eigenvalue weighted by atomic mass is 16.1. The second-order valence-electron chi connectivity index (χ2n) is 4.97. The molecule has 0 radical (unpaired) electrons. The molecule has 0 bridgehead atoms. The van der Waals surface area contributed by atoms with Gasteiger partial charge in [-0.1, -0.05) is 11.3 Å². The largest absolute Gasteiger partial charge is 0.368 e. The molecule has 3 N–H and O–H groups in total. The van der Waals surface area contributed by atoms with Gasteiger partial charge in [0.05, 0.1) is 11.9 Å². The summed E-state index contributed by atoms with van der Waals surface area (Å²) in [6, 6.07) is 3.93. The van der Waals surface area contributed by atoms with Crippen molar-refractivity contribution in [2.24, 2.45) is 5.73 Å². The molecule has 0 aliphatic carbocycles. The number of carbonyl (C=O) groups is 1. The zero-order chi connectivity index (χ0) is 16.1. The van der Waals surface area contributed by atoms with E-state index in [1.807, 2.05) is 29.1 Å². The summed E-state index contributed by atoms with van der Waals surface area (Å²) in [5.74, 6) is 0.374. The molecule has 23 heavy (non-hydrogen) atoms. The number of nitrogens with zero attached hydrogens (tertiary/aromatic N) is 6. The third kappa shape index (κ3) is 3.98. The van der Waals surface area contributed by atoms with Gasteiger partial charge in [0.15, 0.2) is 0 Å². The first-order chi connectivity index (χ1) is 11.2. The number of amides is 1. The van der Waals surface area contributed by atoms with E-state index in [1.165, 1.54) is 4.68 Å². The Hall–Kier alpha value is -3.07. The summed E-state index contributed by atoms with van der Waals surface area (Å²) in [6.07, 6.45) is 8.76. The Kier molecular flexibility index (Phi) is 4.39. The summed E-state index contributed by atoms with van der Waals surface area (Å²) >= 11 is 0. The van der Waals surface area contributed by atoms with E-state index in [2.05, 4.69) is 25.6 Å². The number of hydrogen-bond acceptors (Lipinski definition) is 6. The lowest BCUT2D eigenvalue weighted by Crippen LogP contribution is -2.19. The molecule has 3 aromatic rings. The summed E-state index contributed by atoms with van der Waals surface area (Å²) < 4.78 is 3.26. The van der Waals surface area contributed by atoms with Crippen molar-refractivity contribution in [2.75, 3.05) is 0 Å². The minimum atomic E-state index is -0.446. The molecule has 0 aliphatic rings. The van der Waals surface area contributed by atoms with E-state index >= 15 is 0 Å². The number of primary amides is 1. The Bertz CT molecular complexity index is 762. The lowest BCUT2D eigenvalue weighted by Gasteiger charge is -2.04. The van der Waals surface area contributed by atoms with Gasteiger partial charge in [-0.15, -0.1) is 5.10 Å². The number of carbonyl (C=O) groups excluding carboxylic acids is 1. The topological polar surface area (TPSA) is 117 Å². The van der Waals surface area contributed by atoms with E-state index in [4.69, 9.17) is 5.73 Å². The highest BCUT2D eigenvalue weighted by molar-refractivity contribution is 5.73. The van der Waals surface area contributed by atoms with E-state index in [1.54, 1.807) is 18.7 Å². The molecule has 9 heteroatoms. The summed E-state index contributed by atoms with van der Waals surface area (Å²) in [6.45, 7) is 1.23. The van der Waals surface area contributed by atoms with Gasteiger partial charge in [0.1, 0.15) is 18.7 Å². The van der Waals surface area contributed by atoms with Gasteiger partial charge >= 0.3 is 0 Å². The number of aromatic nitrogens is 6. The average Bonchev–Trinajstić information content (AvgIpc) is 3.19. The Balaban J connectivity index is 1.50. The van der Waals surface area contributed by atoms with E-state index in [9.17, 15) is 4.79 Å². The molecular weight excluding hydrogens is 296 g/mol. The Labute approximate surface area is 132 Å². The van der Waals surface area contributed by atoms with Crippen LogP contribution >= 0.6 is 0 Å². The van der Waals surface area contributed by atoms with Crippen LogP contribution in [0.3, 0.4) is 0 Å². The van der Waals surface area contributed by atoms with Crippen LogP contribution in [-0.2, 0) is 24.4 Å². The fourth-order valence-electron chi connectivity index (χ4n) is 2.06. The zero-order valence-corrected chi connectivity index (χ0v) is 12.3. The molecule has 0 saturated carbocycles. The molecule has 3 heterocycles. The molecule has 1 amide bonds. The molecule has 0 aromatic carbocycles. The van der Waals surface area contributed by atoms with Crippen molar-refractivity contribution in [3.8, 4) is 5.82 Å². The van der Waals surface area contributed by atoms with E-state index in [0.29, 0.717) is 13.1 Å². The van der Waals surface area contributed by atoms with Gasteiger partial charge in [0.2, 0.25) is 5.91 Å². The number of rotatable bonds is 7. The predicted molar refractivity (Wildman–Crippen MR) is 81.1 cm³/mol. The van der Waals surface area contributed by atoms with Gasteiger partial charge in [-0.25, -0.2) is 14.6 Å². The number of nitrogens with one attached hydrogen (secondary N) is 1. The zero-order valence-electron chi connectivity index (χ0n) is 12.3. The summed E-state index contributed by atoms with van der Waals surface area (Å²) in [5.41, 5.74) is 6.90. The van der Waals surface area contributed by atoms with Crippen LogP contribution in [0.4, 0.5) is 0 Å². The van der Waals surface area contributed by atoms with Crippen molar-refractivity contribution in [3.05, 3.63) is 54.5 Å². The van der Waals surface area contributed by atoms with Crippen molar-refractivity contribution >= 4 is 5.91 Å². The number of nitrogens with two attached hydrogens (primary N) is 1. The third-order valence-electron chi connectivity index (χ3n) is 3.12. The van der Waals surface area contributed by atoms with Crippen LogP contribution < -0.4 is 11.1 Å². The molecule has 0 aliphatic heterocycles. The fraction of sp³-hybridized carbons (Fsp3) is 0.214. The average molecular weight is 312 g/mol. The molecule has 0 fully saturated rings. The lowest BCUT2D eigenvalue weighted by molar-refractivity contribution is -0.118. The van der Waals surface area contributed by atoms with Crippen LogP contribution in [0, 0.1) is 0 Å². The maximum absolute atomic E-state index is 10.8. The lowest BCUT2D eigenvalue weighted by atomic mass is 10.3. The Morgan fingerprint density at radius 2 is 2.22 bits per heavy atom. The van der Waals surface area contributed by atoms with Gasteiger partial charge in [-0.05, 0) is 11.6 Å². The third-order valence-corrected chi connectivity index (χ3v) is 3.12. The molecule has 3 rings (SSSR count). The van der Waals surface area contributed by atoms with Crippen LogP contribution in [0.5, 0.6) is 0 Å². The summed E-state index contributed by atoms with van der Waals surface area (Å²) in [7, 11) is 0. The normalized spacial score (nSPS) is 10.8. The van der Waals surface area contributed by atoms with Crippen LogP contribution in [0.15, 0.2) is 43.2 Å². The van der Waals surface area contributed by atoms with Gasteiger partial charge in [-0.2, -0.15) is 0 Å². The van der Waals surface area contributed by atoms with Gasteiger partial charge in [0.25, 0.3) is 0 Å². The first kappa shape index (κ1) is 14.9. The second-order valence-corrected chi connectivity index (χ2v) is 4.97. The standard InChI is InChI=1S/C14H16N8O/c15-13(23)9-22-8-12(19-20-22)7-17-5-11-1-2-14(18-6-11)21-4-3-16-10-21/h1-4,6,8,10,17H,5,7,9H2,(H2,15,23). The molecule has 0 atom stereocenters. The van der Waals surface area contributed by atoms with Gasteiger partial charge in [0, 0.05) is 31.7 Å². The molecule has 3 aromatic heterocycles. The van der Waals surface area contributed by atoms with Crippen LogP contribution in [-0.4, -0.2) is 35.4 Å². The summed E-state index contributed by atoms with van der Waals surface area (Å²) in [5, 5.41) is 11.0. The number of imidazole rings is 1. The highest BCUT2D eigenvalue weighted by Gasteiger charge is 2.03. The number of hydrogen-bond donors (Lipinski definition) is 2. The molecule has 0 unspecified atom stereocenters. The van der Waals surface area contributed by atoms with Crippen LogP contribution in [0.2, 0.25) is 0 Å². The predicted octanol–water partition coefficient (Wildman–Crippen LogP) is -0.366. The minimum absolute atomic E-state index is 0.0344. The van der Waals surface area contributed by atoms with Crippen molar-refractivity contribution in [3.63, 3.8) is 0 Å². The molecule has 0 saturated heterocycles. The quantitative estimate of drug-likeness (QED) is 0.615. The minimum Gasteiger partial charge on any atom is -0.368 e. The monoisotopic (exact) mass is 312 g/mol. The molecule has 118 valence electrons. The van der Waals surface area contributed by atoms with Gasteiger partial charge in [-0.3, -0.25) is 9.36 Å². The molecular formula is C14H16N8O. The SMILES string of the molecule is NC(=O)Cn1cc(CNCc2ccc(-n3ccnc3)nc2)nn1. The van der Waals surface area contributed by atoms with Crippen LogP contribution in [0.1, 0.15) is 11.3 Å². The maximum Gasteiger partial charge on any atom is 0.239 e. The van der Waals surface area contributed by atoms with E-state index < -0.39 is 5.91 Å². The van der Waals surface area contributed by atoms with Crippen molar-refractivity contribution in [1.82, 2.24) is 34.8 Å². The van der Waals surface area contributed by atoms with Crippen LogP contribution in [0.25, 0.3) is 5.82 Å². The maximum atomic E-state index is 10.8.